The van der Waals surface area contributed by atoms with Crippen LogP contribution in [0.15, 0.2) is 21.1 Å². The zero-order chi connectivity index (χ0) is 13.9. The molecule has 0 spiro atoms. The highest BCUT2D eigenvalue weighted by atomic mass is 79.9. The molecule has 0 radical (unpaired) electrons. The highest BCUT2D eigenvalue weighted by Crippen LogP contribution is 2.36. The molecule has 0 unspecified atom stereocenters. The molecule has 0 bridgehead atoms. The number of carbonyl (C=O) groups is 1. The average Bonchev–Trinajstić information content (AvgIpc) is 2.27. The van der Waals surface area contributed by atoms with Gasteiger partial charge in [0.05, 0.1) is 16.1 Å². The van der Waals surface area contributed by atoms with Crippen molar-refractivity contribution in [1.29, 1.82) is 0 Å². The number of hydrogen-bond acceptors (Lipinski definition) is 3. The van der Waals surface area contributed by atoms with E-state index in [2.05, 4.69) is 31.9 Å². The molecule has 5 heteroatoms. The molecule has 3 nitrogen and oxygen atoms in total. The molecule has 1 rings (SSSR count). The van der Waals surface area contributed by atoms with Crippen LogP contribution in [0.25, 0.3) is 0 Å². The number of ketones is 1. The van der Waals surface area contributed by atoms with Gasteiger partial charge in [-0.25, -0.2) is 0 Å². The third-order valence-electron chi connectivity index (χ3n) is 2.40. The van der Waals surface area contributed by atoms with Crippen LogP contribution in [0.3, 0.4) is 0 Å². The van der Waals surface area contributed by atoms with Gasteiger partial charge in [0.1, 0.15) is 18.1 Å². The fourth-order valence-electron chi connectivity index (χ4n) is 1.14. The average molecular weight is 380 g/mol. The van der Waals surface area contributed by atoms with E-state index in [-0.39, 0.29) is 12.4 Å². The maximum absolute atomic E-state index is 11.8. The van der Waals surface area contributed by atoms with E-state index in [4.69, 9.17) is 9.47 Å². The lowest BCUT2D eigenvalue weighted by atomic mass is 9.91. The Morgan fingerprint density at radius 2 is 1.67 bits per heavy atom. The Morgan fingerprint density at radius 3 is 2.17 bits per heavy atom. The number of ether oxygens (including phenoxy) is 2. The molecule has 0 aromatic heterocycles. The largest absolute Gasteiger partial charge is 0.496 e. The number of carbonyl (C=O) groups excluding carboxylic acids is 1. The quantitative estimate of drug-likeness (QED) is 0.785. The van der Waals surface area contributed by atoms with Crippen LogP contribution in [-0.2, 0) is 4.79 Å². The first-order valence-electron chi connectivity index (χ1n) is 5.45. The van der Waals surface area contributed by atoms with Crippen molar-refractivity contribution >= 4 is 37.6 Å². The van der Waals surface area contributed by atoms with Gasteiger partial charge in [0.15, 0.2) is 5.78 Å². The lowest BCUT2D eigenvalue weighted by Crippen LogP contribution is -2.26. The second-order valence-electron chi connectivity index (χ2n) is 4.88. The topological polar surface area (TPSA) is 35.5 Å². The fourth-order valence-corrected chi connectivity index (χ4v) is 2.06. The second kappa shape index (κ2) is 6.06. The van der Waals surface area contributed by atoms with Gasteiger partial charge in [0, 0.05) is 5.41 Å². The zero-order valence-electron chi connectivity index (χ0n) is 10.8. The summed E-state index contributed by atoms with van der Waals surface area (Å²) in [6.45, 7) is 5.67. The molecular weight excluding hydrogens is 364 g/mol. The number of halogens is 2. The highest BCUT2D eigenvalue weighted by molar-refractivity contribution is 9.11. The predicted molar refractivity (Wildman–Crippen MR) is 78.4 cm³/mol. The van der Waals surface area contributed by atoms with Gasteiger partial charge in [0.25, 0.3) is 0 Å². The molecule has 0 saturated heterocycles. The van der Waals surface area contributed by atoms with E-state index in [9.17, 15) is 4.79 Å². The van der Waals surface area contributed by atoms with E-state index in [1.807, 2.05) is 20.8 Å². The van der Waals surface area contributed by atoms with Gasteiger partial charge in [-0.3, -0.25) is 4.79 Å². The van der Waals surface area contributed by atoms with Crippen molar-refractivity contribution in [3.63, 3.8) is 0 Å². The molecule has 0 aliphatic carbocycles. The molecule has 1 aromatic rings. The fraction of sp³-hybridized carbons (Fsp3) is 0.462. The van der Waals surface area contributed by atoms with Crippen molar-refractivity contribution in [2.24, 2.45) is 5.41 Å². The maximum atomic E-state index is 11.8. The predicted octanol–water partition coefficient (Wildman–Crippen LogP) is 4.21. The Bertz CT molecular complexity index is 450. The summed E-state index contributed by atoms with van der Waals surface area (Å²) in [5.74, 6) is 1.37. The smallest absolute Gasteiger partial charge is 0.175 e. The maximum Gasteiger partial charge on any atom is 0.175 e. The molecule has 0 saturated carbocycles. The van der Waals surface area contributed by atoms with Gasteiger partial charge in [-0.1, -0.05) is 20.8 Å². The molecule has 18 heavy (non-hydrogen) atoms. The lowest BCUT2D eigenvalue weighted by Gasteiger charge is -2.17. The number of Topliss-reactive ketones (excluding diaryl/α,β-unsaturated/α-hetero) is 1. The van der Waals surface area contributed by atoms with E-state index in [1.165, 1.54) is 0 Å². The summed E-state index contributed by atoms with van der Waals surface area (Å²) >= 11 is 6.76. The minimum Gasteiger partial charge on any atom is -0.496 e. The summed E-state index contributed by atoms with van der Waals surface area (Å²) in [6, 6.07) is 3.57. The van der Waals surface area contributed by atoms with Crippen LogP contribution < -0.4 is 9.47 Å². The SMILES string of the molecule is COc1cc(Br)c(OCC(=O)C(C)(C)C)cc1Br. The Balaban J connectivity index is 2.81. The Labute approximate surface area is 124 Å². The molecule has 1 aromatic carbocycles. The van der Waals surface area contributed by atoms with Crippen molar-refractivity contribution in [2.45, 2.75) is 20.8 Å². The number of methoxy groups -OCH3 is 1. The molecule has 0 atom stereocenters. The van der Waals surface area contributed by atoms with Gasteiger partial charge in [-0.2, -0.15) is 0 Å². The van der Waals surface area contributed by atoms with Crippen LogP contribution in [0.2, 0.25) is 0 Å². The molecule has 0 amide bonds. The normalized spacial score (nSPS) is 11.2. The van der Waals surface area contributed by atoms with Gasteiger partial charge in [-0.05, 0) is 44.0 Å². The summed E-state index contributed by atoms with van der Waals surface area (Å²) in [5.41, 5.74) is -0.393. The van der Waals surface area contributed by atoms with Crippen molar-refractivity contribution in [2.75, 3.05) is 13.7 Å². The Hall–Kier alpha value is -0.550. The van der Waals surface area contributed by atoms with E-state index in [0.29, 0.717) is 11.5 Å². The van der Waals surface area contributed by atoms with E-state index in [0.717, 1.165) is 8.95 Å². The summed E-state index contributed by atoms with van der Waals surface area (Å²) in [7, 11) is 1.59. The zero-order valence-corrected chi connectivity index (χ0v) is 14.0. The first-order valence-corrected chi connectivity index (χ1v) is 7.03. The van der Waals surface area contributed by atoms with E-state index >= 15 is 0 Å². The first kappa shape index (κ1) is 15.5. The highest BCUT2D eigenvalue weighted by Gasteiger charge is 2.22. The van der Waals surface area contributed by atoms with Crippen LogP contribution >= 0.6 is 31.9 Å². The molecule has 0 fully saturated rings. The number of benzene rings is 1. The van der Waals surface area contributed by atoms with Gasteiger partial charge in [0.2, 0.25) is 0 Å². The molecule has 0 N–H and O–H groups in total. The van der Waals surface area contributed by atoms with Crippen LogP contribution in [0, 0.1) is 5.41 Å². The van der Waals surface area contributed by atoms with Crippen LogP contribution in [0.4, 0.5) is 0 Å². The Kier molecular flexibility index (Phi) is 5.22. The summed E-state index contributed by atoms with van der Waals surface area (Å²) < 4.78 is 12.2. The van der Waals surface area contributed by atoms with Crippen molar-refractivity contribution < 1.29 is 14.3 Å². The minimum atomic E-state index is -0.393. The standard InChI is InChI=1S/C13H16Br2O3/c1-13(2,3)12(16)7-18-11-6-8(14)10(17-4)5-9(11)15/h5-6H,7H2,1-4H3. The Morgan fingerprint density at radius 1 is 1.17 bits per heavy atom. The van der Waals surface area contributed by atoms with Gasteiger partial charge in [-0.15, -0.1) is 0 Å². The van der Waals surface area contributed by atoms with Gasteiger partial charge >= 0.3 is 0 Å². The molecule has 0 heterocycles. The van der Waals surface area contributed by atoms with Gasteiger partial charge < -0.3 is 9.47 Å². The lowest BCUT2D eigenvalue weighted by molar-refractivity contribution is -0.128. The monoisotopic (exact) mass is 378 g/mol. The van der Waals surface area contributed by atoms with Crippen molar-refractivity contribution in [3.8, 4) is 11.5 Å². The molecule has 100 valence electrons. The van der Waals surface area contributed by atoms with Crippen molar-refractivity contribution in [1.82, 2.24) is 0 Å². The molecule has 0 aliphatic heterocycles. The van der Waals surface area contributed by atoms with Crippen molar-refractivity contribution in [3.05, 3.63) is 21.1 Å². The third-order valence-corrected chi connectivity index (χ3v) is 3.64. The van der Waals surface area contributed by atoms with E-state index in [1.54, 1.807) is 19.2 Å². The number of rotatable bonds is 4. The first-order chi connectivity index (χ1) is 8.25. The second-order valence-corrected chi connectivity index (χ2v) is 6.59. The summed E-state index contributed by atoms with van der Waals surface area (Å²) in [6.07, 6.45) is 0. The third kappa shape index (κ3) is 3.99. The summed E-state index contributed by atoms with van der Waals surface area (Å²) in [5, 5.41) is 0. The van der Waals surface area contributed by atoms with Crippen LogP contribution in [-0.4, -0.2) is 19.5 Å². The van der Waals surface area contributed by atoms with E-state index < -0.39 is 5.41 Å². The summed E-state index contributed by atoms with van der Waals surface area (Å²) in [4.78, 5) is 11.8. The molecule has 0 aliphatic rings. The van der Waals surface area contributed by atoms with Crippen LogP contribution in [0.5, 0.6) is 11.5 Å². The van der Waals surface area contributed by atoms with Crippen LogP contribution in [0.1, 0.15) is 20.8 Å². The number of hydrogen-bond donors (Lipinski definition) is 0. The minimum absolute atomic E-state index is 0.0564. The molecular formula is C13H16Br2O3.